The second-order valence-corrected chi connectivity index (χ2v) is 7.75. The molecule has 2 heterocycles. The third-order valence-electron chi connectivity index (χ3n) is 5.10. The highest BCUT2D eigenvalue weighted by Gasteiger charge is 2.31. The summed E-state index contributed by atoms with van der Waals surface area (Å²) in [4.78, 5) is 23.8. The van der Waals surface area contributed by atoms with Gasteiger partial charge in [-0.25, -0.2) is 4.98 Å². The molecule has 4 rings (SSSR count). The molecule has 0 bridgehead atoms. The van der Waals surface area contributed by atoms with Crippen LogP contribution in [0.2, 0.25) is 0 Å². The Hall–Kier alpha value is -3.25. The van der Waals surface area contributed by atoms with E-state index in [9.17, 15) is 4.79 Å². The Kier molecular flexibility index (Phi) is 5.53. The fraction of sp³-hybridized carbons (Fsp3) is 0.174. The van der Waals surface area contributed by atoms with Crippen LogP contribution in [-0.4, -0.2) is 35.6 Å². The van der Waals surface area contributed by atoms with Crippen molar-refractivity contribution in [2.45, 2.75) is 12.5 Å². The van der Waals surface area contributed by atoms with E-state index in [4.69, 9.17) is 5.73 Å². The van der Waals surface area contributed by atoms with Crippen molar-refractivity contribution in [3.63, 3.8) is 0 Å². The van der Waals surface area contributed by atoms with Gasteiger partial charge in [0.25, 0.3) is 5.91 Å². The zero-order valence-corrected chi connectivity index (χ0v) is 17.0. The molecule has 0 radical (unpaired) electrons. The van der Waals surface area contributed by atoms with Crippen LogP contribution in [0.4, 0.5) is 0 Å². The Morgan fingerprint density at radius 3 is 2.72 bits per heavy atom. The summed E-state index contributed by atoms with van der Waals surface area (Å²) < 4.78 is 0. The number of amides is 1. The van der Waals surface area contributed by atoms with Crippen LogP contribution in [0.5, 0.6) is 0 Å². The average Bonchev–Trinajstić information content (AvgIpc) is 3.27. The highest BCUT2D eigenvalue weighted by molar-refractivity contribution is 7.13. The molecule has 0 aliphatic carbocycles. The Bertz CT molecular complexity index is 1070. The molecule has 0 spiro atoms. The molecule has 1 aliphatic heterocycles. The number of aromatic nitrogens is 1. The van der Waals surface area contributed by atoms with E-state index in [0.717, 1.165) is 21.7 Å². The van der Waals surface area contributed by atoms with E-state index in [1.54, 1.807) is 19.5 Å². The lowest BCUT2D eigenvalue weighted by Crippen LogP contribution is -2.39. The number of benzene rings is 2. The molecule has 0 saturated carbocycles. The SMILES string of the molecule is CN=CC(=CN)C1CN(C(=O)c2csc(-c3ccccc3)n2)Cc2ccccc21. The van der Waals surface area contributed by atoms with Crippen LogP contribution >= 0.6 is 11.3 Å². The largest absolute Gasteiger partial charge is 0.404 e. The Morgan fingerprint density at radius 2 is 1.97 bits per heavy atom. The van der Waals surface area contributed by atoms with Crippen molar-refractivity contribution >= 4 is 23.5 Å². The quantitative estimate of drug-likeness (QED) is 0.668. The lowest BCUT2D eigenvalue weighted by molar-refractivity contribution is 0.0720. The van der Waals surface area contributed by atoms with Gasteiger partial charge in [-0.05, 0) is 22.9 Å². The van der Waals surface area contributed by atoms with Gasteiger partial charge in [0.15, 0.2) is 0 Å². The van der Waals surface area contributed by atoms with Crippen LogP contribution < -0.4 is 5.73 Å². The second kappa shape index (κ2) is 8.41. The molecular formula is C23H22N4OS. The summed E-state index contributed by atoms with van der Waals surface area (Å²) in [6.07, 6.45) is 3.35. The lowest BCUT2D eigenvalue weighted by atomic mass is 9.85. The van der Waals surface area contributed by atoms with Gasteiger partial charge in [-0.2, -0.15) is 0 Å². The van der Waals surface area contributed by atoms with Gasteiger partial charge >= 0.3 is 0 Å². The van der Waals surface area contributed by atoms with E-state index in [2.05, 4.69) is 22.1 Å². The maximum atomic E-state index is 13.3. The van der Waals surface area contributed by atoms with Crippen molar-refractivity contribution in [2.75, 3.05) is 13.6 Å². The predicted octanol–water partition coefficient (Wildman–Crippen LogP) is 4.09. The molecule has 1 unspecified atom stereocenters. The Morgan fingerprint density at radius 1 is 1.21 bits per heavy atom. The van der Waals surface area contributed by atoms with Crippen molar-refractivity contribution in [2.24, 2.45) is 10.7 Å². The molecule has 1 aromatic heterocycles. The first-order valence-corrected chi connectivity index (χ1v) is 10.3. The number of nitrogens with two attached hydrogens (primary N) is 1. The first-order chi connectivity index (χ1) is 14.2. The van der Waals surface area contributed by atoms with Gasteiger partial charge in [-0.3, -0.25) is 9.79 Å². The molecule has 6 heteroatoms. The van der Waals surface area contributed by atoms with Crippen LogP contribution in [0.15, 0.2) is 76.7 Å². The zero-order valence-electron chi connectivity index (χ0n) is 16.2. The average molecular weight is 403 g/mol. The van der Waals surface area contributed by atoms with Gasteiger partial charge in [-0.15, -0.1) is 11.3 Å². The van der Waals surface area contributed by atoms with Gasteiger partial charge in [0.1, 0.15) is 10.7 Å². The van der Waals surface area contributed by atoms with Gasteiger partial charge in [-0.1, -0.05) is 54.6 Å². The van der Waals surface area contributed by atoms with E-state index in [1.807, 2.05) is 52.7 Å². The van der Waals surface area contributed by atoms with Crippen molar-refractivity contribution < 1.29 is 4.79 Å². The number of carbonyl (C=O) groups excluding carboxylic acids is 1. The topological polar surface area (TPSA) is 71.6 Å². The fourth-order valence-electron chi connectivity index (χ4n) is 3.69. The van der Waals surface area contributed by atoms with Crippen LogP contribution in [0.1, 0.15) is 27.5 Å². The summed E-state index contributed by atoms with van der Waals surface area (Å²) in [6.45, 7) is 1.11. The summed E-state index contributed by atoms with van der Waals surface area (Å²) in [7, 11) is 1.72. The van der Waals surface area contributed by atoms with Crippen molar-refractivity contribution in [3.8, 4) is 10.6 Å². The third-order valence-corrected chi connectivity index (χ3v) is 5.99. The van der Waals surface area contributed by atoms with Crippen LogP contribution in [0.25, 0.3) is 10.6 Å². The molecule has 1 atom stereocenters. The van der Waals surface area contributed by atoms with Crippen LogP contribution in [0, 0.1) is 0 Å². The van der Waals surface area contributed by atoms with Gasteiger partial charge in [0.05, 0.1) is 0 Å². The van der Waals surface area contributed by atoms with Crippen molar-refractivity contribution in [1.82, 2.24) is 9.88 Å². The smallest absolute Gasteiger partial charge is 0.273 e. The predicted molar refractivity (Wildman–Crippen MR) is 118 cm³/mol. The molecular weight excluding hydrogens is 380 g/mol. The van der Waals surface area contributed by atoms with E-state index in [-0.39, 0.29) is 11.8 Å². The van der Waals surface area contributed by atoms with Crippen LogP contribution in [-0.2, 0) is 6.54 Å². The molecule has 2 aromatic carbocycles. The van der Waals surface area contributed by atoms with E-state index in [1.165, 1.54) is 16.9 Å². The second-order valence-electron chi connectivity index (χ2n) is 6.89. The number of fused-ring (bicyclic) bond motifs is 1. The van der Waals surface area contributed by atoms with Crippen molar-refractivity contribution in [3.05, 3.63) is 88.6 Å². The van der Waals surface area contributed by atoms with Crippen molar-refractivity contribution in [1.29, 1.82) is 0 Å². The number of carbonyl (C=O) groups is 1. The molecule has 3 aromatic rings. The van der Waals surface area contributed by atoms with E-state index in [0.29, 0.717) is 18.8 Å². The molecule has 0 saturated heterocycles. The van der Waals surface area contributed by atoms with E-state index < -0.39 is 0 Å². The highest BCUT2D eigenvalue weighted by Crippen LogP contribution is 2.34. The number of rotatable bonds is 4. The molecule has 146 valence electrons. The third kappa shape index (κ3) is 3.84. The summed E-state index contributed by atoms with van der Waals surface area (Å²) in [5.74, 6) is -0.0717. The molecule has 1 amide bonds. The first kappa shape index (κ1) is 19.1. The molecule has 5 nitrogen and oxygen atoms in total. The number of aliphatic imine (C=N–C) groups is 1. The van der Waals surface area contributed by atoms with Crippen LogP contribution in [0.3, 0.4) is 0 Å². The zero-order chi connectivity index (χ0) is 20.2. The molecule has 29 heavy (non-hydrogen) atoms. The Labute approximate surface area is 174 Å². The molecule has 0 fully saturated rings. The van der Waals surface area contributed by atoms with Gasteiger partial charge in [0, 0.05) is 43.2 Å². The van der Waals surface area contributed by atoms with Gasteiger partial charge < -0.3 is 10.6 Å². The van der Waals surface area contributed by atoms with E-state index >= 15 is 0 Å². The Balaban J connectivity index is 1.64. The monoisotopic (exact) mass is 402 g/mol. The normalized spacial score (nSPS) is 16.8. The fourth-order valence-corrected chi connectivity index (χ4v) is 4.49. The summed E-state index contributed by atoms with van der Waals surface area (Å²) >= 11 is 1.49. The first-order valence-electron chi connectivity index (χ1n) is 9.43. The molecule has 2 N–H and O–H groups in total. The minimum Gasteiger partial charge on any atom is -0.404 e. The standard InChI is InChI=1S/C23H22N4OS/c1-25-12-18(11-24)20-14-27(13-17-9-5-6-10-19(17)20)23(28)21-15-29-22(26-21)16-7-3-2-4-8-16/h2-12,15,20H,13-14,24H2,1H3. The molecule has 1 aliphatic rings. The number of hydrogen-bond acceptors (Lipinski definition) is 5. The maximum Gasteiger partial charge on any atom is 0.273 e. The number of nitrogens with zero attached hydrogens (tertiary/aromatic N) is 3. The maximum absolute atomic E-state index is 13.3. The highest BCUT2D eigenvalue weighted by atomic mass is 32.1. The lowest BCUT2D eigenvalue weighted by Gasteiger charge is -2.34. The van der Waals surface area contributed by atoms with Gasteiger partial charge in [0.2, 0.25) is 0 Å². The number of hydrogen-bond donors (Lipinski definition) is 1. The minimum atomic E-state index is -0.0623. The minimum absolute atomic E-state index is 0.00942. The number of thiazole rings is 1. The summed E-state index contributed by atoms with van der Waals surface area (Å²) in [5, 5.41) is 2.69. The summed E-state index contributed by atoms with van der Waals surface area (Å²) in [5.41, 5.74) is 10.6. The summed E-state index contributed by atoms with van der Waals surface area (Å²) in [6, 6.07) is 18.1.